The molecule has 0 bridgehead atoms. The molecule has 1 aromatic rings. The van der Waals surface area contributed by atoms with E-state index in [1.807, 2.05) is 30.3 Å². The van der Waals surface area contributed by atoms with Crippen molar-refractivity contribution >= 4 is 11.9 Å². The monoisotopic (exact) mass is 273 g/mol. The van der Waals surface area contributed by atoms with E-state index in [4.69, 9.17) is 10.4 Å². The van der Waals surface area contributed by atoms with Gasteiger partial charge in [-0.2, -0.15) is 5.26 Å². The molecule has 1 amide bonds. The molecule has 0 radical (unpaired) electrons. The Bertz CT molecular complexity index is 547. The second kappa shape index (κ2) is 7.59. The van der Waals surface area contributed by atoms with E-state index in [-0.39, 0.29) is 5.57 Å². The predicted molar refractivity (Wildman–Crippen MR) is 72.2 cm³/mol. The lowest BCUT2D eigenvalue weighted by atomic mass is 10.2. The highest BCUT2D eigenvalue weighted by molar-refractivity contribution is 5.97. The highest BCUT2D eigenvalue weighted by Gasteiger charge is 2.11. The first-order valence-corrected chi connectivity index (χ1v) is 5.96. The number of carboxylic acids is 1. The fraction of sp³-hybridized carbons (Fsp3) is 0.214. The van der Waals surface area contributed by atoms with E-state index in [9.17, 15) is 9.59 Å². The fourth-order valence-electron chi connectivity index (χ4n) is 1.30. The van der Waals surface area contributed by atoms with E-state index in [1.54, 1.807) is 6.07 Å². The molecule has 20 heavy (non-hydrogen) atoms. The number of carbonyl (C=O) groups is 2. The number of nitrogens with zero attached hydrogens (tertiary/aromatic N) is 1. The number of amides is 1. The van der Waals surface area contributed by atoms with Crippen molar-refractivity contribution in [1.29, 1.82) is 5.26 Å². The van der Waals surface area contributed by atoms with Gasteiger partial charge in [0.15, 0.2) is 0 Å². The Morgan fingerprint density at radius 1 is 1.40 bits per heavy atom. The third-order valence-electron chi connectivity index (χ3n) is 2.51. The molecule has 0 aliphatic heterocycles. The largest absolute Gasteiger partial charge is 0.480 e. The summed E-state index contributed by atoms with van der Waals surface area (Å²) in [6.07, 6.45) is 1.11. The Labute approximate surface area is 116 Å². The number of rotatable bonds is 6. The predicted octanol–water partition coefficient (Wildman–Crippen LogP) is 0.773. The summed E-state index contributed by atoms with van der Waals surface area (Å²) < 4.78 is 0. The minimum Gasteiger partial charge on any atom is -0.480 e. The smallest absolute Gasteiger partial charge is 0.325 e. The van der Waals surface area contributed by atoms with E-state index in [0.29, 0.717) is 6.54 Å². The zero-order valence-electron chi connectivity index (χ0n) is 11.0. The number of hydrogen-bond acceptors (Lipinski definition) is 4. The lowest BCUT2D eigenvalue weighted by Gasteiger charge is -2.07. The summed E-state index contributed by atoms with van der Waals surface area (Å²) in [4.78, 5) is 22.3. The molecule has 1 unspecified atom stereocenters. The van der Waals surface area contributed by atoms with Gasteiger partial charge in [0.2, 0.25) is 0 Å². The van der Waals surface area contributed by atoms with Crippen molar-refractivity contribution in [3.63, 3.8) is 0 Å². The number of benzene rings is 1. The Kier molecular flexibility index (Phi) is 5.78. The van der Waals surface area contributed by atoms with Crippen LogP contribution in [0.1, 0.15) is 12.5 Å². The Morgan fingerprint density at radius 3 is 2.60 bits per heavy atom. The van der Waals surface area contributed by atoms with Crippen molar-refractivity contribution in [2.75, 3.05) is 0 Å². The summed E-state index contributed by atoms with van der Waals surface area (Å²) in [6, 6.07) is 10.1. The summed E-state index contributed by atoms with van der Waals surface area (Å²) in [7, 11) is 0. The van der Waals surface area contributed by atoms with E-state index in [2.05, 4.69) is 10.6 Å². The van der Waals surface area contributed by atoms with Crippen LogP contribution in [0.15, 0.2) is 42.1 Å². The van der Waals surface area contributed by atoms with Crippen LogP contribution in [0, 0.1) is 11.3 Å². The summed E-state index contributed by atoms with van der Waals surface area (Å²) >= 11 is 0. The highest BCUT2D eigenvalue weighted by atomic mass is 16.4. The SMILES string of the molecule is CC(N/C=C(/C#N)C(=O)NCc1ccccc1)C(=O)O. The van der Waals surface area contributed by atoms with Crippen LogP contribution in [0.2, 0.25) is 0 Å². The molecule has 0 heterocycles. The molecule has 0 saturated heterocycles. The second-order valence-electron chi connectivity index (χ2n) is 4.06. The second-order valence-corrected chi connectivity index (χ2v) is 4.06. The number of carbonyl (C=O) groups excluding carboxylic acids is 1. The van der Waals surface area contributed by atoms with Gasteiger partial charge in [-0.05, 0) is 12.5 Å². The maximum absolute atomic E-state index is 11.7. The van der Waals surface area contributed by atoms with Gasteiger partial charge in [0.05, 0.1) is 0 Å². The zero-order chi connectivity index (χ0) is 15.0. The summed E-state index contributed by atoms with van der Waals surface area (Å²) in [6.45, 7) is 1.71. The first kappa shape index (κ1) is 15.2. The summed E-state index contributed by atoms with van der Waals surface area (Å²) in [5.74, 6) is -1.62. The number of aliphatic carboxylic acids is 1. The average molecular weight is 273 g/mol. The van der Waals surface area contributed by atoms with Crippen LogP contribution >= 0.6 is 0 Å². The Balaban J connectivity index is 2.57. The zero-order valence-corrected chi connectivity index (χ0v) is 11.0. The average Bonchev–Trinajstić information content (AvgIpc) is 2.46. The van der Waals surface area contributed by atoms with Crippen LogP contribution in [0.5, 0.6) is 0 Å². The van der Waals surface area contributed by atoms with Gasteiger partial charge in [0.1, 0.15) is 17.7 Å². The van der Waals surface area contributed by atoms with Crippen LogP contribution in [-0.2, 0) is 16.1 Å². The van der Waals surface area contributed by atoms with Crippen LogP contribution in [0.3, 0.4) is 0 Å². The molecular weight excluding hydrogens is 258 g/mol. The number of nitriles is 1. The van der Waals surface area contributed by atoms with Gasteiger partial charge in [0, 0.05) is 12.7 Å². The van der Waals surface area contributed by atoms with E-state index in [1.165, 1.54) is 6.92 Å². The summed E-state index contributed by atoms with van der Waals surface area (Å²) in [5, 5.41) is 22.6. The molecule has 0 fully saturated rings. The van der Waals surface area contributed by atoms with E-state index in [0.717, 1.165) is 11.8 Å². The van der Waals surface area contributed by atoms with Crippen LogP contribution in [-0.4, -0.2) is 23.0 Å². The Hall–Kier alpha value is -2.81. The summed E-state index contributed by atoms with van der Waals surface area (Å²) in [5.41, 5.74) is 0.735. The fourth-order valence-corrected chi connectivity index (χ4v) is 1.30. The lowest BCUT2D eigenvalue weighted by Crippen LogP contribution is -2.31. The van der Waals surface area contributed by atoms with Crippen molar-refractivity contribution in [3.8, 4) is 6.07 Å². The van der Waals surface area contributed by atoms with Crippen molar-refractivity contribution in [3.05, 3.63) is 47.7 Å². The third-order valence-corrected chi connectivity index (χ3v) is 2.51. The molecule has 1 atom stereocenters. The molecule has 0 spiro atoms. The lowest BCUT2D eigenvalue weighted by molar-refractivity contribution is -0.138. The minimum absolute atomic E-state index is 0.172. The molecule has 0 aromatic heterocycles. The van der Waals surface area contributed by atoms with E-state index < -0.39 is 17.9 Å². The van der Waals surface area contributed by atoms with Crippen molar-refractivity contribution in [1.82, 2.24) is 10.6 Å². The number of nitrogens with one attached hydrogen (secondary N) is 2. The molecule has 104 valence electrons. The molecule has 6 nitrogen and oxygen atoms in total. The van der Waals surface area contributed by atoms with Gasteiger partial charge in [-0.25, -0.2) is 0 Å². The van der Waals surface area contributed by atoms with Gasteiger partial charge >= 0.3 is 5.97 Å². The van der Waals surface area contributed by atoms with Gasteiger partial charge in [-0.15, -0.1) is 0 Å². The van der Waals surface area contributed by atoms with Gasteiger partial charge in [-0.3, -0.25) is 9.59 Å². The Morgan fingerprint density at radius 2 is 2.05 bits per heavy atom. The van der Waals surface area contributed by atoms with Crippen LogP contribution in [0.4, 0.5) is 0 Å². The van der Waals surface area contributed by atoms with E-state index >= 15 is 0 Å². The standard InChI is InChI=1S/C14H15N3O3/c1-10(14(19)20)16-9-12(7-15)13(18)17-8-11-5-3-2-4-6-11/h2-6,9-10,16H,8H2,1H3,(H,17,18)(H,19,20)/b12-9-. The number of carboxylic acid groups (broad SMARTS) is 1. The molecule has 0 aliphatic rings. The first-order valence-electron chi connectivity index (χ1n) is 5.96. The molecule has 3 N–H and O–H groups in total. The topological polar surface area (TPSA) is 102 Å². The van der Waals surface area contributed by atoms with Gasteiger partial charge in [-0.1, -0.05) is 30.3 Å². The normalized spacial score (nSPS) is 12.1. The quantitative estimate of drug-likeness (QED) is 0.525. The maximum atomic E-state index is 11.7. The number of hydrogen-bond donors (Lipinski definition) is 3. The van der Waals surface area contributed by atoms with Crippen molar-refractivity contribution in [2.24, 2.45) is 0 Å². The molecule has 1 rings (SSSR count). The molecular formula is C14H15N3O3. The first-order chi connectivity index (χ1) is 9.54. The van der Waals surface area contributed by atoms with Crippen LogP contribution in [0.25, 0.3) is 0 Å². The van der Waals surface area contributed by atoms with Gasteiger partial charge < -0.3 is 15.7 Å². The highest BCUT2D eigenvalue weighted by Crippen LogP contribution is 1.99. The molecule has 0 aliphatic carbocycles. The van der Waals surface area contributed by atoms with Crippen molar-refractivity contribution in [2.45, 2.75) is 19.5 Å². The molecule has 6 heteroatoms. The van der Waals surface area contributed by atoms with Crippen molar-refractivity contribution < 1.29 is 14.7 Å². The third kappa shape index (κ3) is 4.82. The molecule has 0 saturated carbocycles. The molecule has 1 aromatic carbocycles. The maximum Gasteiger partial charge on any atom is 0.325 e. The minimum atomic E-state index is -1.07. The van der Waals surface area contributed by atoms with Gasteiger partial charge in [0.25, 0.3) is 5.91 Å². The van der Waals surface area contributed by atoms with Crippen LogP contribution < -0.4 is 10.6 Å².